The molecule has 2 rings (SSSR count). The molecule has 17 heavy (non-hydrogen) atoms. The highest BCUT2D eigenvalue weighted by Gasteiger charge is 2.08. The fourth-order valence-electron chi connectivity index (χ4n) is 1.40. The van der Waals surface area contributed by atoms with E-state index >= 15 is 0 Å². The topological polar surface area (TPSA) is 29.5 Å². The van der Waals surface area contributed by atoms with Crippen LogP contribution in [0.1, 0.15) is 10.4 Å². The summed E-state index contributed by atoms with van der Waals surface area (Å²) in [5.74, 6) is 0.625. The summed E-state index contributed by atoms with van der Waals surface area (Å²) in [6, 6.07) is 7.33. The molecule has 0 fully saturated rings. The third-order valence-corrected chi connectivity index (χ3v) is 4.54. The molecule has 1 aromatic carbocycles. The first-order valence-electron chi connectivity index (χ1n) is 4.95. The molecule has 1 heterocycles. The minimum atomic E-state index is -0.124. The molecule has 0 aliphatic carbocycles. The zero-order valence-electron chi connectivity index (χ0n) is 8.82. The van der Waals surface area contributed by atoms with Crippen LogP contribution in [0.15, 0.2) is 34.1 Å². The zero-order valence-corrected chi connectivity index (χ0v) is 12.0. The lowest BCUT2D eigenvalue weighted by Gasteiger charge is -2.10. The molecule has 0 amide bonds. The number of benzene rings is 1. The number of rotatable bonds is 4. The number of hydrogen-bond acceptors (Lipinski definition) is 3. The lowest BCUT2D eigenvalue weighted by atomic mass is 10.2. The smallest absolute Gasteiger partial charge is 0.126 e. The second kappa shape index (κ2) is 5.87. The van der Waals surface area contributed by atoms with E-state index in [4.69, 9.17) is 16.3 Å². The SMILES string of the molecule is OCc1c(Cl)cccc1OCc1sccc1Br. The molecule has 0 saturated carbocycles. The fourth-order valence-corrected chi connectivity index (χ4v) is 3.00. The fraction of sp³-hybridized carbons (Fsp3) is 0.167. The molecule has 0 bridgehead atoms. The maximum absolute atomic E-state index is 9.24. The second-order valence-electron chi connectivity index (χ2n) is 3.36. The van der Waals surface area contributed by atoms with E-state index in [0.717, 1.165) is 9.35 Å². The van der Waals surface area contributed by atoms with Gasteiger partial charge in [-0.3, -0.25) is 0 Å². The van der Waals surface area contributed by atoms with Crippen molar-refractivity contribution in [1.29, 1.82) is 0 Å². The van der Waals surface area contributed by atoms with E-state index in [9.17, 15) is 5.11 Å². The van der Waals surface area contributed by atoms with Crippen molar-refractivity contribution in [1.82, 2.24) is 0 Å². The standard InChI is InChI=1S/C12H10BrClO2S/c13-9-4-5-17-12(9)7-16-11-3-1-2-10(14)8(11)6-15/h1-5,15H,6-7H2. The first kappa shape index (κ1) is 12.9. The van der Waals surface area contributed by atoms with Crippen LogP contribution < -0.4 is 4.74 Å². The summed E-state index contributed by atoms with van der Waals surface area (Å²) in [4.78, 5) is 1.11. The average molecular weight is 334 g/mol. The minimum Gasteiger partial charge on any atom is -0.488 e. The van der Waals surface area contributed by atoms with E-state index in [-0.39, 0.29) is 6.61 Å². The minimum absolute atomic E-state index is 0.124. The van der Waals surface area contributed by atoms with Crippen molar-refractivity contribution in [2.24, 2.45) is 0 Å². The summed E-state index contributed by atoms with van der Waals surface area (Å²) in [7, 11) is 0. The molecule has 90 valence electrons. The Morgan fingerprint density at radius 3 is 2.82 bits per heavy atom. The molecule has 0 radical (unpaired) electrons. The molecule has 0 atom stereocenters. The van der Waals surface area contributed by atoms with Gasteiger partial charge in [-0.1, -0.05) is 17.7 Å². The van der Waals surface area contributed by atoms with Gasteiger partial charge in [-0.05, 0) is 39.5 Å². The quantitative estimate of drug-likeness (QED) is 0.907. The Morgan fingerprint density at radius 1 is 1.35 bits per heavy atom. The van der Waals surface area contributed by atoms with Crippen LogP contribution in [-0.4, -0.2) is 5.11 Å². The van der Waals surface area contributed by atoms with Crippen LogP contribution in [0, 0.1) is 0 Å². The summed E-state index contributed by atoms with van der Waals surface area (Å²) >= 11 is 11.0. The van der Waals surface area contributed by atoms with Gasteiger partial charge in [-0.2, -0.15) is 0 Å². The molecule has 5 heteroatoms. The van der Waals surface area contributed by atoms with Crippen molar-refractivity contribution in [2.45, 2.75) is 13.2 Å². The molecule has 2 aromatic rings. The van der Waals surface area contributed by atoms with Gasteiger partial charge in [0.25, 0.3) is 0 Å². The van der Waals surface area contributed by atoms with Gasteiger partial charge < -0.3 is 9.84 Å². The maximum atomic E-state index is 9.24. The van der Waals surface area contributed by atoms with E-state index in [0.29, 0.717) is 22.9 Å². The molecular weight excluding hydrogens is 324 g/mol. The third kappa shape index (κ3) is 3.01. The van der Waals surface area contributed by atoms with Gasteiger partial charge in [0.15, 0.2) is 0 Å². The highest BCUT2D eigenvalue weighted by atomic mass is 79.9. The van der Waals surface area contributed by atoms with Gasteiger partial charge in [0.05, 0.1) is 11.5 Å². The van der Waals surface area contributed by atoms with Gasteiger partial charge in [-0.25, -0.2) is 0 Å². The van der Waals surface area contributed by atoms with E-state index in [1.165, 1.54) is 0 Å². The summed E-state index contributed by atoms with van der Waals surface area (Å²) in [6.45, 7) is 0.339. The number of aliphatic hydroxyl groups excluding tert-OH is 1. The van der Waals surface area contributed by atoms with Crippen LogP contribution in [0.4, 0.5) is 0 Å². The second-order valence-corrected chi connectivity index (χ2v) is 5.62. The normalized spacial score (nSPS) is 10.5. The Labute approximate surface area is 117 Å². The van der Waals surface area contributed by atoms with E-state index in [2.05, 4.69) is 15.9 Å². The van der Waals surface area contributed by atoms with E-state index in [1.54, 1.807) is 29.5 Å². The molecular formula is C12H10BrClO2S. The number of halogens is 2. The summed E-state index contributed by atoms with van der Waals surface area (Å²) < 4.78 is 6.71. The molecule has 0 aliphatic heterocycles. The van der Waals surface area contributed by atoms with Gasteiger partial charge in [-0.15, -0.1) is 11.3 Å². The predicted octanol–water partition coefficient (Wildman–Crippen LogP) is 4.24. The monoisotopic (exact) mass is 332 g/mol. The lowest BCUT2D eigenvalue weighted by Crippen LogP contribution is -1.98. The van der Waals surface area contributed by atoms with Crippen LogP contribution in [-0.2, 0) is 13.2 Å². The first-order valence-corrected chi connectivity index (χ1v) is 7.00. The molecule has 0 spiro atoms. The Kier molecular flexibility index (Phi) is 4.45. The van der Waals surface area contributed by atoms with Crippen LogP contribution in [0.3, 0.4) is 0 Å². The van der Waals surface area contributed by atoms with Crippen molar-refractivity contribution in [3.63, 3.8) is 0 Å². The molecule has 1 N–H and O–H groups in total. The Bertz CT molecular complexity index is 513. The Balaban J connectivity index is 2.14. The third-order valence-electron chi connectivity index (χ3n) is 2.28. The average Bonchev–Trinajstić information content (AvgIpc) is 2.72. The maximum Gasteiger partial charge on any atom is 0.126 e. The van der Waals surface area contributed by atoms with E-state index < -0.39 is 0 Å². The molecule has 1 aromatic heterocycles. The summed E-state index contributed by atoms with van der Waals surface area (Å²) in [6.07, 6.45) is 0. The molecule has 0 aliphatic rings. The van der Waals surface area contributed by atoms with Gasteiger partial charge in [0.2, 0.25) is 0 Å². The van der Waals surface area contributed by atoms with Gasteiger partial charge >= 0.3 is 0 Å². The largest absolute Gasteiger partial charge is 0.488 e. The highest BCUT2D eigenvalue weighted by Crippen LogP contribution is 2.29. The van der Waals surface area contributed by atoms with Crippen LogP contribution >= 0.6 is 38.9 Å². The lowest BCUT2D eigenvalue weighted by molar-refractivity contribution is 0.260. The molecule has 2 nitrogen and oxygen atoms in total. The van der Waals surface area contributed by atoms with Gasteiger partial charge in [0.1, 0.15) is 12.4 Å². The van der Waals surface area contributed by atoms with Crippen molar-refractivity contribution < 1.29 is 9.84 Å². The number of ether oxygens (including phenoxy) is 1. The van der Waals surface area contributed by atoms with Crippen LogP contribution in [0.2, 0.25) is 5.02 Å². The summed E-state index contributed by atoms with van der Waals surface area (Å²) in [5.41, 5.74) is 0.627. The Morgan fingerprint density at radius 2 is 2.18 bits per heavy atom. The van der Waals surface area contributed by atoms with Crippen LogP contribution in [0.25, 0.3) is 0 Å². The first-order chi connectivity index (χ1) is 8.22. The van der Waals surface area contributed by atoms with Crippen LogP contribution in [0.5, 0.6) is 5.75 Å². The number of hydrogen-bond donors (Lipinski definition) is 1. The summed E-state index contributed by atoms with van der Waals surface area (Å²) in [5, 5.41) is 11.8. The number of thiophene rings is 1. The van der Waals surface area contributed by atoms with Gasteiger partial charge in [0, 0.05) is 15.1 Å². The Hall–Kier alpha value is -0.550. The zero-order chi connectivity index (χ0) is 12.3. The van der Waals surface area contributed by atoms with Crippen molar-refractivity contribution >= 4 is 38.9 Å². The molecule has 0 saturated heterocycles. The van der Waals surface area contributed by atoms with Crippen molar-refractivity contribution in [2.75, 3.05) is 0 Å². The van der Waals surface area contributed by atoms with Crippen molar-refractivity contribution in [3.05, 3.63) is 49.6 Å². The predicted molar refractivity (Wildman–Crippen MR) is 73.7 cm³/mol. The highest BCUT2D eigenvalue weighted by molar-refractivity contribution is 9.10. The molecule has 0 unspecified atom stereocenters. The number of aliphatic hydroxyl groups is 1. The van der Waals surface area contributed by atoms with E-state index in [1.807, 2.05) is 11.4 Å². The van der Waals surface area contributed by atoms with Crippen molar-refractivity contribution in [3.8, 4) is 5.75 Å².